The zero-order chi connectivity index (χ0) is 16.4. The fraction of sp³-hybridized carbons (Fsp3) is 0.105. The summed E-state index contributed by atoms with van der Waals surface area (Å²) in [5.74, 6) is 1.92. The Kier molecular flexibility index (Phi) is 3.67. The SMILES string of the molecule is CCc1ccc(-c2ncc(-c3ccccc3)o2)n1-c1ncccn1. The minimum absolute atomic E-state index is 0.556. The van der Waals surface area contributed by atoms with Crippen molar-refractivity contribution in [2.75, 3.05) is 0 Å². The van der Waals surface area contributed by atoms with Gasteiger partial charge in [-0.15, -0.1) is 0 Å². The standard InChI is InChI=1S/C19H16N4O/c1-2-15-9-10-16(23(15)19-20-11-6-12-21-19)18-22-13-17(24-18)14-7-4-3-5-8-14/h3-13H,2H2,1H3. The van der Waals surface area contributed by atoms with E-state index in [1.165, 1.54) is 0 Å². The second-order valence-corrected chi connectivity index (χ2v) is 5.34. The Bertz CT molecular complexity index is 942. The first-order chi connectivity index (χ1) is 11.9. The zero-order valence-electron chi connectivity index (χ0n) is 13.3. The second kappa shape index (κ2) is 6.12. The summed E-state index contributed by atoms with van der Waals surface area (Å²) in [6, 6.07) is 15.8. The van der Waals surface area contributed by atoms with Crippen molar-refractivity contribution in [3.05, 3.63) is 72.8 Å². The molecule has 3 aromatic heterocycles. The highest BCUT2D eigenvalue weighted by molar-refractivity contribution is 5.60. The van der Waals surface area contributed by atoms with Gasteiger partial charge in [0.15, 0.2) is 5.76 Å². The van der Waals surface area contributed by atoms with Gasteiger partial charge in [-0.05, 0) is 24.6 Å². The molecule has 1 aromatic carbocycles. The number of benzene rings is 1. The van der Waals surface area contributed by atoms with Gasteiger partial charge in [0.25, 0.3) is 0 Å². The lowest BCUT2D eigenvalue weighted by Gasteiger charge is -2.08. The number of aromatic nitrogens is 4. The van der Waals surface area contributed by atoms with Crippen LogP contribution in [0.1, 0.15) is 12.6 Å². The van der Waals surface area contributed by atoms with Gasteiger partial charge in [-0.3, -0.25) is 4.57 Å². The van der Waals surface area contributed by atoms with Gasteiger partial charge in [-0.25, -0.2) is 15.0 Å². The summed E-state index contributed by atoms with van der Waals surface area (Å²) in [5, 5.41) is 0. The molecule has 118 valence electrons. The Morgan fingerprint density at radius 2 is 1.71 bits per heavy atom. The fourth-order valence-electron chi connectivity index (χ4n) is 2.69. The van der Waals surface area contributed by atoms with E-state index in [9.17, 15) is 0 Å². The Morgan fingerprint density at radius 3 is 2.46 bits per heavy atom. The molecule has 0 atom stereocenters. The summed E-state index contributed by atoms with van der Waals surface area (Å²) in [6.07, 6.45) is 6.08. The molecule has 0 unspecified atom stereocenters. The van der Waals surface area contributed by atoms with E-state index in [1.54, 1.807) is 24.7 Å². The van der Waals surface area contributed by atoms with Crippen LogP contribution >= 0.6 is 0 Å². The van der Waals surface area contributed by atoms with E-state index in [1.807, 2.05) is 41.0 Å². The molecule has 5 nitrogen and oxygen atoms in total. The second-order valence-electron chi connectivity index (χ2n) is 5.34. The largest absolute Gasteiger partial charge is 0.435 e. The summed E-state index contributed by atoms with van der Waals surface area (Å²) in [5.41, 5.74) is 2.96. The first-order valence-corrected chi connectivity index (χ1v) is 7.86. The van der Waals surface area contributed by atoms with Crippen LogP contribution in [0.25, 0.3) is 28.9 Å². The number of hydrogen-bond acceptors (Lipinski definition) is 4. The molecule has 0 saturated carbocycles. The van der Waals surface area contributed by atoms with Gasteiger partial charge in [0.1, 0.15) is 5.69 Å². The predicted molar refractivity (Wildman–Crippen MR) is 91.7 cm³/mol. The number of rotatable bonds is 4. The minimum atomic E-state index is 0.556. The molecule has 0 aliphatic rings. The van der Waals surface area contributed by atoms with Crippen molar-refractivity contribution >= 4 is 0 Å². The average molecular weight is 316 g/mol. The molecule has 5 heteroatoms. The third-order valence-corrected chi connectivity index (χ3v) is 3.86. The molecule has 4 aromatic rings. The fourth-order valence-corrected chi connectivity index (χ4v) is 2.69. The van der Waals surface area contributed by atoms with Crippen LogP contribution < -0.4 is 0 Å². The molecule has 0 fully saturated rings. The van der Waals surface area contributed by atoms with Crippen LogP contribution in [-0.4, -0.2) is 19.5 Å². The van der Waals surface area contributed by atoms with E-state index < -0.39 is 0 Å². The summed E-state index contributed by atoms with van der Waals surface area (Å²) >= 11 is 0. The maximum atomic E-state index is 5.99. The topological polar surface area (TPSA) is 56.7 Å². The molecule has 0 amide bonds. The predicted octanol–water partition coefficient (Wildman–Crippen LogP) is 4.15. The highest BCUT2D eigenvalue weighted by atomic mass is 16.4. The third-order valence-electron chi connectivity index (χ3n) is 3.86. The molecule has 0 saturated heterocycles. The van der Waals surface area contributed by atoms with Crippen molar-refractivity contribution in [1.82, 2.24) is 19.5 Å². The molecular weight excluding hydrogens is 300 g/mol. The third kappa shape index (κ3) is 2.50. The molecule has 0 spiro atoms. The summed E-state index contributed by atoms with van der Waals surface area (Å²) in [4.78, 5) is 13.2. The van der Waals surface area contributed by atoms with Crippen LogP contribution in [-0.2, 0) is 6.42 Å². The molecule has 0 aliphatic heterocycles. The van der Waals surface area contributed by atoms with E-state index in [-0.39, 0.29) is 0 Å². The normalized spacial score (nSPS) is 10.9. The maximum Gasteiger partial charge on any atom is 0.244 e. The summed E-state index contributed by atoms with van der Waals surface area (Å²) < 4.78 is 7.97. The summed E-state index contributed by atoms with van der Waals surface area (Å²) in [7, 11) is 0. The van der Waals surface area contributed by atoms with Gasteiger partial charge in [0, 0.05) is 23.7 Å². The van der Waals surface area contributed by atoms with Crippen LogP contribution in [0.5, 0.6) is 0 Å². The van der Waals surface area contributed by atoms with Crippen molar-refractivity contribution in [1.29, 1.82) is 0 Å². The van der Waals surface area contributed by atoms with Crippen molar-refractivity contribution in [2.45, 2.75) is 13.3 Å². The highest BCUT2D eigenvalue weighted by Crippen LogP contribution is 2.28. The Morgan fingerprint density at radius 1 is 0.917 bits per heavy atom. The van der Waals surface area contributed by atoms with E-state index in [4.69, 9.17) is 4.42 Å². The first-order valence-electron chi connectivity index (χ1n) is 7.86. The molecule has 3 heterocycles. The van der Waals surface area contributed by atoms with E-state index in [0.717, 1.165) is 29.1 Å². The van der Waals surface area contributed by atoms with Crippen molar-refractivity contribution < 1.29 is 4.42 Å². The lowest BCUT2D eigenvalue weighted by Crippen LogP contribution is -2.05. The Hall–Kier alpha value is -3.21. The smallest absolute Gasteiger partial charge is 0.244 e. The zero-order valence-corrected chi connectivity index (χ0v) is 13.3. The maximum absolute atomic E-state index is 5.99. The molecule has 4 rings (SSSR count). The molecule has 0 radical (unpaired) electrons. The molecule has 0 N–H and O–H groups in total. The monoisotopic (exact) mass is 316 g/mol. The van der Waals surface area contributed by atoms with Gasteiger partial charge in [-0.1, -0.05) is 37.3 Å². The van der Waals surface area contributed by atoms with Crippen LogP contribution in [0.4, 0.5) is 0 Å². The average Bonchev–Trinajstić information content (AvgIpc) is 3.30. The van der Waals surface area contributed by atoms with Crippen LogP contribution in [0, 0.1) is 0 Å². The minimum Gasteiger partial charge on any atom is -0.435 e. The first kappa shape index (κ1) is 14.4. The van der Waals surface area contributed by atoms with Gasteiger partial charge in [0.05, 0.1) is 6.20 Å². The molecule has 24 heavy (non-hydrogen) atoms. The molecule has 0 bridgehead atoms. The van der Waals surface area contributed by atoms with Crippen molar-refractivity contribution in [3.8, 4) is 28.9 Å². The number of nitrogens with zero attached hydrogens (tertiary/aromatic N) is 4. The van der Waals surface area contributed by atoms with Crippen LogP contribution in [0.3, 0.4) is 0 Å². The van der Waals surface area contributed by atoms with E-state index in [2.05, 4.69) is 27.9 Å². The molecular formula is C19H16N4O. The van der Waals surface area contributed by atoms with Crippen LogP contribution in [0.15, 0.2) is 71.5 Å². The van der Waals surface area contributed by atoms with Crippen molar-refractivity contribution in [3.63, 3.8) is 0 Å². The lowest BCUT2D eigenvalue weighted by molar-refractivity contribution is 0.583. The quantitative estimate of drug-likeness (QED) is 0.567. The van der Waals surface area contributed by atoms with Gasteiger partial charge >= 0.3 is 0 Å². The Labute approximate surface area is 139 Å². The van der Waals surface area contributed by atoms with Crippen molar-refractivity contribution in [2.24, 2.45) is 0 Å². The number of oxazole rings is 1. The van der Waals surface area contributed by atoms with E-state index in [0.29, 0.717) is 11.8 Å². The van der Waals surface area contributed by atoms with E-state index >= 15 is 0 Å². The van der Waals surface area contributed by atoms with Gasteiger partial charge in [-0.2, -0.15) is 0 Å². The summed E-state index contributed by atoms with van der Waals surface area (Å²) in [6.45, 7) is 2.10. The van der Waals surface area contributed by atoms with Crippen LogP contribution in [0.2, 0.25) is 0 Å². The Balaban J connectivity index is 1.81. The number of hydrogen-bond donors (Lipinski definition) is 0. The van der Waals surface area contributed by atoms with Gasteiger partial charge < -0.3 is 4.42 Å². The molecule has 0 aliphatic carbocycles. The number of aryl methyl sites for hydroxylation is 1. The van der Waals surface area contributed by atoms with Gasteiger partial charge in [0.2, 0.25) is 11.8 Å². The lowest BCUT2D eigenvalue weighted by atomic mass is 10.2. The highest BCUT2D eigenvalue weighted by Gasteiger charge is 2.17.